The SMILES string of the molecule is CO[C@H]1O[C@@H](OC[C@H]2[C@@H]3O[C@@H]3/C=C/C(=O)[C@](C)(O)CC[C@@H](O[C@H]3O[C@@H](C)[C@](O)([C@H](C)O)C[C@@H]3O)[C@H](C)/C=C/C(=O)O[C@@H]2C)[C@H](C)[C@@H](O)[C@@H]1OC. The van der Waals surface area contributed by atoms with E-state index in [2.05, 4.69) is 0 Å². The lowest BCUT2D eigenvalue weighted by Gasteiger charge is -2.46. The zero-order chi connectivity index (χ0) is 37.1. The number of ether oxygens (including phenoxy) is 8. The van der Waals surface area contributed by atoms with Crippen LogP contribution in [-0.4, -0.2) is 143 Å². The predicted octanol–water partition coefficient (Wildman–Crippen LogP) is 0.514. The highest BCUT2D eigenvalue weighted by atomic mass is 16.8. The van der Waals surface area contributed by atoms with E-state index in [4.69, 9.17) is 37.9 Å². The number of rotatable bonds is 8. The number of fused-ring (bicyclic) bond motifs is 1. The molecule has 0 aliphatic carbocycles. The molecule has 4 heterocycles. The molecule has 0 unspecified atom stereocenters. The number of aliphatic hydroxyl groups is 5. The summed E-state index contributed by atoms with van der Waals surface area (Å²) in [5.41, 5.74) is -3.47. The molecule has 3 fully saturated rings. The molecule has 4 aliphatic rings. The molecule has 15 nitrogen and oxygen atoms in total. The Hall–Kier alpha value is -1.86. The van der Waals surface area contributed by atoms with Crippen LogP contribution in [0.2, 0.25) is 0 Å². The fraction of sp³-hybridized carbons (Fsp3) is 0.829. The first-order chi connectivity index (χ1) is 23.4. The van der Waals surface area contributed by atoms with Crippen LogP contribution < -0.4 is 0 Å². The average Bonchev–Trinajstić information content (AvgIpc) is 3.83. The van der Waals surface area contributed by atoms with Gasteiger partial charge in [0.2, 0.25) is 0 Å². The monoisotopic (exact) mass is 716 g/mol. The first-order valence-corrected chi connectivity index (χ1v) is 17.3. The minimum absolute atomic E-state index is 0.00722. The number of cyclic esters (lactones) is 1. The lowest BCUT2D eigenvalue weighted by molar-refractivity contribution is -0.338. The molecule has 0 aromatic rings. The van der Waals surface area contributed by atoms with Gasteiger partial charge < -0.3 is 63.4 Å². The molecule has 0 amide bonds. The number of esters is 1. The Bertz CT molecular complexity index is 1200. The summed E-state index contributed by atoms with van der Waals surface area (Å²) >= 11 is 0. The average molecular weight is 717 g/mol. The molecule has 5 N–H and O–H groups in total. The van der Waals surface area contributed by atoms with Gasteiger partial charge >= 0.3 is 5.97 Å². The highest BCUT2D eigenvalue weighted by Crippen LogP contribution is 2.37. The highest BCUT2D eigenvalue weighted by molar-refractivity contribution is 5.96. The quantitative estimate of drug-likeness (QED) is 0.171. The Morgan fingerprint density at radius 3 is 2.30 bits per heavy atom. The highest BCUT2D eigenvalue weighted by Gasteiger charge is 2.51. The molecule has 0 aromatic heterocycles. The lowest BCUT2D eigenvalue weighted by atomic mass is 9.83. The Balaban J connectivity index is 1.51. The molecule has 0 spiro atoms. The molecular weight excluding hydrogens is 660 g/mol. The predicted molar refractivity (Wildman–Crippen MR) is 174 cm³/mol. The minimum Gasteiger partial charge on any atom is -0.459 e. The van der Waals surface area contributed by atoms with Crippen LogP contribution in [-0.2, 0) is 47.5 Å². The van der Waals surface area contributed by atoms with Crippen molar-refractivity contribution in [3.63, 3.8) is 0 Å². The second kappa shape index (κ2) is 16.9. The van der Waals surface area contributed by atoms with E-state index in [9.17, 15) is 35.1 Å². The first kappa shape index (κ1) is 40.9. The number of carbonyl (C=O) groups is 2. The molecule has 4 aliphatic heterocycles. The van der Waals surface area contributed by atoms with E-state index in [0.717, 1.165) is 0 Å². The molecule has 0 bridgehead atoms. The van der Waals surface area contributed by atoms with E-state index in [1.54, 1.807) is 39.8 Å². The molecule has 17 atom stereocenters. The fourth-order valence-corrected chi connectivity index (χ4v) is 6.76. The van der Waals surface area contributed by atoms with Crippen LogP contribution in [0.3, 0.4) is 0 Å². The summed E-state index contributed by atoms with van der Waals surface area (Å²) < 4.78 is 46.4. The van der Waals surface area contributed by atoms with Crippen molar-refractivity contribution >= 4 is 11.8 Å². The summed E-state index contributed by atoms with van der Waals surface area (Å²) in [7, 11) is 2.88. The Labute approximate surface area is 293 Å². The van der Waals surface area contributed by atoms with Gasteiger partial charge in [-0.1, -0.05) is 19.9 Å². The maximum Gasteiger partial charge on any atom is 0.330 e. The number of ketones is 1. The van der Waals surface area contributed by atoms with Crippen molar-refractivity contribution < 1.29 is 73.0 Å². The van der Waals surface area contributed by atoms with Crippen LogP contribution in [0.5, 0.6) is 0 Å². The molecule has 286 valence electrons. The van der Waals surface area contributed by atoms with Crippen molar-refractivity contribution in [3.8, 4) is 0 Å². The summed E-state index contributed by atoms with van der Waals surface area (Å²) in [6.07, 6.45) is -4.86. The van der Waals surface area contributed by atoms with E-state index in [1.165, 1.54) is 40.2 Å². The van der Waals surface area contributed by atoms with Gasteiger partial charge in [-0.3, -0.25) is 4.79 Å². The second-order valence-corrected chi connectivity index (χ2v) is 14.4. The molecule has 4 rings (SSSR count). The lowest BCUT2D eigenvalue weighted by Crippen LogP contribution is -2.60. The van der Waals surface area contributed by atoms with Crippen molar-refractivity contribution in [2.75, 3.05) is 20.8 Å². The van der Waals surface area contributed by atoms with Crippen molar-refractivity contribution in [2.45, 2.75) is 146 Å². The van der Waals surface area contributed by atoms with Gasteiger partial charge in [0.1, 0.15) is 35.6 Å². The molecule has 15 heteroatoms. The number of carbonyl (C=O) groups excluding carboxylic acids is 2. The van der Waals surface area contributed by atoms with Gasteiger partial charge in [0.05, 0.1) is 37.1 Å². The minimum atomic E-state index is -1.78. The fourth-order valence-electron chi connectivity index (χ4n) is 6.76. The molecule has 50 heavy (non-hydrogen) atoms. The third kappa shape index (κ3) is 9.38. The molecule has 0 saturated carbocycles. The van der Waals surface area contributed by atoms with Gasteiger partial charge in [0, 0.05) is 44.5 Å². The van der Waals surface area contributed by atoms with Gasteiger partial charge in [-0.05, 0) is 52.7 Å². The van der Waals surface area contributed by atoms with Crippen molar-refractivity contribution in [2.24, 2.45) is 17.8 Å². The third-order valence-electron chi connectivity index (χ3n) is 10.6. The molecule has 0 radical (unpaired) electrons. The van der Waals surface area contributed by atoms with Crippen LogP contribution in [0.25, 0.3) is 0 Å². The summed E-state index contributed by atoms with van der Waals surface area (Å²) in [5.74, 6) is -2.68. The van der Waals surface area contributed by atoms with Gasteiger partial charge in [0.25, 0.3) is 0 Å². The van der Waals surface area contributed by atoms with Crippen molar-refractivity contribution in [3.05, 3.63) is 24.3 Å². The molecule has 0 aromatic carbocycles. The number of aliphatic hydroxyl groups excluding tert-OH is 3. The number of hydrogen-bond donors (Lipinski definition) is 5. The summed E-state index contributed by atoms with van der Waals surface area (Å²) in [6, 6.07) is 0. The topological polar surface area (TPSA) is 212 Å². The zero-order valence-electron chi connectivity index (χ0n) is 30.1. The molecule has 3 saturated heterocycles. The third-order valence-corrected chi connectivity index (χ3v) is 10.6. The van der Waals surface area contributed by atoms with E-state index < -0.39 is 115 Å². The summed E-state index contributed by atoms with van der Waals surface area (Å²) in [5, 5.41) is 53.7. The largest absolute Gasteiger partial charge is 0.459 e. The smallest absolute Gasteiger partial charge is 0.330 e. The van der Waals surface area contributed by atoms with Crippen LogP contribution in [0.1, 0.15) is 60.8 Å². The summed E-state index contributed by atoms with van der Waals surface area (Å²) in [6.45, 7) is 9.61. The first-order valence-electron chi connectivity index (χ1n) is 17.3. The van der Waals surface area contributed by atoms with E-state index in [-0.39, 0.29) is 25.9 Å². The normalized spacial score (nSPS) is 48.3. The number of methoxy groups -OCH3 is 2. The maximum absolute atomic E-state index is 13.2. The second-order valence-electron chi connectivity index (χ2n) is 14.4. The number of hydrogen-bond acceptors (Lipinski definition) is 15. The standard InChI is InChI=1S/C35H56O15/c1-17-9-12-27(39)46-19(3)22(16-45-31-18(2)28(40)30(43-7)33(44-8)50-31)29-25(48-29)10-11-26(38)34(6,41)14-13-24(17)49-32-23(37)15-35(42,20(4)36)21(5)47-32/h9-12,17-25,28-33,36-37,40-42H,13-16H2,1-8H3/b11-10+,12-9+/t17-,18-,19-,20+,21+,22-,23+,24-,25-,28-,29+,30+,31-,32-,33+,34-,35-/m1/s1. The van der Waals surface area contributed by atoms with Gasteiger partial charge in [-0.15, -0.1) is 0 Å². The van der Waals surface area contributed by atoms with E-state index >= 15 is 0 Å². The van der Waals surface area contributed by atoms with Crippen LogP contribution in [0.15, 0.2) is 24.3 Å². The Morgan fingerprint density at radius 2 is 1.66 bits per heavy atom. The van der Waals surface area contributed by atoms with Gasteiger partial charge in [0.15, 0.2) is 24.7 Å². The van der Waals surface area contributed by atoms with Crippen LogP contribution in [0, 0.1) is 17.8 Å². The van der Waals surface area contributed by atoms with E-state index in [0.29, 0.717) is 0 Å². The zero-order valence-corrected chi connectivity index (χ0v) is 30.1. The van der Waals surface area contributed by atoms with Crippen molar-refractivity contribution in [1.29, 1.82) is 0 Å². The van der Waals surface area contributed by atoms with Crippen LogP contribution in [0.4, 0.5) is 0 Å². The Kier molecular flexibility index (Phi) is 13.8. The van der Waals surface area contributed by atoms with Gasteiger partial charge in [-0.2, -0.15) is 0 Å². The number of epoxide rings is 1. The van der Waals surface area contributed by atoms with E-state index in [1.807, 2.05) is 0 Å². The van der Waals surface area contributed by atoms with Crippen molar-refractivity contribution in [1.82, 2.24) is 0 Å². The van der Waals surface area contributed by atoms with Crippen LogP contribution >= 0.6 is 0 Å². The summed E-state index contributed by atoms with van der Waals surface area (Å²) in [4.78, 5) is 26.3. The Morgan fingerprint density at radius 1 is 0.960 bits per heavy atom. The van der Waals surface area contributed by atoms with Gasteiger partial charge in [-0.25, -0.2) is 4.79 Å². The maximum atomic E-state index is 13.2. The molecular formula is C35H56O15.